The molecule has 0 amide bonds. The van der Waals surface area contributed by atoms with Crippen LogP contribution in [0.3, 0.4) is 0 Å². The maximum Gasteiger partial charge on any atom is 0.191 e. The van der Waals surface area contributed by atoms with Crippen molar-refractivity contribution in [3.63, 3.8) is 0 Å². The van der Waals surface area contributed by atoms with Crippen LogP contribution in [0.1, 0.15) is 18.1 Å². The Balaban J connectivity index is 0.00000288. The summed E-state index contributed by atoms with van der Waals surface area (Å²) < 4.78 is 26.7. The van der Waals surface area contributed by atoms with Gasteiger partial charge in [-0.2, -0.15) is 0 Å². The van der Waals surface area contributed by atoms with Crippen LogP contribution in [0.2, 0.25) is 0 Å². The van der Waals surface area contributed by atoms with E-state index in [4.69, 9.17) is 0 Å². The standard InChI is InChI=1S/C18H21F2N3.HI/c1-2-21-18(23-13-14-6-4-3-5-7-14)22-11-10-15-12-16(19)8-9-17(15)20;/h3-9,12H,2,10-11,13H2,1H3,(H2,21,22,23);1H. The van der Waals surface area contributed by atoms with E-state index < -0.39 is 5.82 Å². The van der Waals surface area contributed by atoms with Crippen molar-refractivity contribution in [2.24, 2.45) is 4.99 Å². The SMILES string of the molecule is CCNC(=NCc1ccccc1)NCCc1cc(F)ccc1F.I. The molecule has 0 bridgehead atoms. The Morgan fingerprint density at radius 2 is 1.79 bits per heavy atom. The minimum Gasteiger partial charge on any atom is -0.357 e. The van der Waals surface area contributed by atoms with Crippen LogP contribution in [0.5, 0.6) is 0 Å². The molecule has 0 spiro atoms. The molecular formula is C18H22F2IN3. The van der Waals surface area contributed by atoms with Crippen molar-refractivity contribution in [1.82, 2.24) is 10.6 Å². The Labute approximate surface area is 158 Å². The van der Waals surface area contributed by atoms with Crippen LogP contribution in [0, 0.1) is 11.6 Å². The van der Waals surface area contributed by atoms with E-state index in [2.05, 4.69) is 15.6 Å². The molecule has 130 valence electrons. The first-order valence-electron chi connectivity index (χ1n) is 7.69. The number of hydrogen-bond acceptors (Lipinski definition) is 1. The Hall–Kier alpha value is -1.70. The molecule has 0 aromatic heterocycles. The van der Waals surface area contributed by atoms with Gasteiger partial charge in [0.2, 0.25) is 0 Å². The molecule has 0 unspecified atom stereocenters. The average Bonchev–Trinajstić information content (AvgIpc) is 2.56. The van der Waals surface area contributed by atoms with Crippen molar-refractivity contribution in [1.29, 1.82) is 0 Å². The number of rotatable bonds is 6. The Morgan fingerprint density at radius 3 is 2.50 bits per heavy atom. The molecule has 0 aliphatic carbocycles. The largest absolute Gasteiger partial charge is 0.357 e. The first-order chi connectivity index (χ1) is 11.2. The fourth-order valence-electron chi connectivity index (χ4n) is 2.15. The van der Waals surface area contributed by atoms with E-state index in [-0.39, 0.29) is 29.8 Å². The lowest BCUT2D eigenvalue weighted by Crippen LogP contribution is -2.38. The molecule has 0 radical (unpaired) electrons. The van der Waals surface area contributed by atoms with Gasteiger partial charge in [-0.15, -0.1) is 24.0 Å². The summed E-state index contributed by atoms with van der Waals surface area (Å²) in [4.78, 5) is 4.48. The average molecular weight is 445 g/mol. The molecule has 0 heterocycles. The number of nitrogens with one attached hydrogen (secondary N) is 2. The summed E-state index contributed by atoms with van der Waals surface area (Å²) in [6.07, 6.45) is 0.388. The van der Waals surface area contributed by atoms with Crippen LogP contribution >= 0.6 is 24.0 Å². The third-order valence-electron chi connectivity index (χ3n) is 3.30. The smallest absolute Gasteiger partial charge is 0.191 e. The van der Waals surface area contributed by atoms with Crippen LogP contribution in [0.25, 0.3) is 0 Å². The van der Waals surface area contributed by atoms with Gasteiger partial charge in [0.1, 0.15) is 11.6 Å². The maximum atomic E-state index is 13.6. The fraction of sp³-hybridized carbons (Fsp3) is 0.278. The molecule has 2 aromatic carbocycles. The molecule has 0 atom stereocenters. The van der Waals surface area contributed by atoms with Crippen LogP contribution in [0.15, 0.2) is 53.5 Å². The van der Waals surface area contributed by atoms with Gasteiger partial charge in [0.15, 0.2) is 5.96 Å². The molecule has 0 aliphatic rings. The molecule has 0 fully saturated rings. The lowest BCUT2D eigenvalue weighted by Gasteiger charge is -2.11. The highest BCUT2D eigenvalue weighted by Crippen LogP contribution is 2.09. The van der Waals surface area contributed by atoms with Crippen LogP contribution in [0.4, 0.5) is 8.78 Å². The van der Waals surface area contributed by atoms with Crippen molar-refractivity contribution in [2.45, 2.75) is 19.9 Å². The predicted octanol–water partition coefficient (Wildman–Crippen LogP) is 3.88. The Bertz CT molecular complexity index is 648. The van der Waals surface area contributed by atoms with Crippen molar-refractivity contribution in [2.75, 3.05) is 13.1 Å². The first-order valence-corrected chi connectivity index (χ1v) is 7.69. The minimum atomic E-state index is -0.425. The van der Waals surface area contributed by atoms with E-state index in [1.165, 1.54) is 6.07 Å². The molecule has 0 saturated heterocycles. The third kappa shape index (κ3) is 6.82. The van der Waals surface area contributed by atoms with Gasteiger partial charge in [0.25, 0.3) is 0 Å². The van der Waals surface area contributed by atoms with Gasteiger partial charge in [0, 0.05) is 13.1 Å². The summed E-state index contributed by atoms with van der Waals surface area (Å²) in [6.45, 7) is 3.74. The van der Waals surface area contributed by atoms with E-state index in [1.807, 2.05) is 37.3 Å². The molecule has 0 saturated carbocycles. The number of aliphatic imine (C=N–C) groups is 1. The lowest BCUT2D eigenvalue weighted by atomic mass is 10.1. The molecule has 2 N–H and O–H groups in total. The number of benzene rings is 2. The highest BCUT2D eigenvalue weighted by Gasteiger charge is 2.04. The van der Waals surface area contributed by atoms with E-state index in [0.29, 0.717) is 31.0 Å². The topological polar surface area (TPSA) is 36.4 Å². The zero-order valence-electron chi connectivity index (χ0n) is 13.6. The second-order valence-electron chi connectivity index (χ2n) is 5.09. The molecule has 2 rings (SSSR count). The molecule has 2 aromatic rings. The quantitative estimate of drug-likeness (QED) is 0.403. The molecule has 24 heavy (non-hydrogen) atoms. The van der Waals surface area contributed by atoms with Gasteiger partial charge >= 0.3 is 0 Å². The molecule has 3 nitrogen and oxygen atoms in total. The Morgan fingerprint density at radius 1 is 1.04 bits per heavy atom. The van der Waals surface area contributed by atoms with Crippen LogP contribution in [-0.4, -0.2) is 19.0 Å². The second kappa shape index (κ2) is 11.0. The van der Waals surface area contributed by atoms with E-state index >= 15 is 0 Å². The van der Waals surface area contributed by atoms with Crippen LogP contribution < -0.4 is 10.6 Å². The zero-order valence-corrected chi connectivity index (χ0v) is 15.9. The van der Waals surface area contributed by atoms with Crippen molar-refractivity contribution in [3.8, 4) is 0 Å². The highest BCUT2D eigenvalue weighted by atomic mass is 127. The second-order valence-corrected chi connectivity index (χ2v) is 5.09. The lowest BCUT2D eigenvalue weighted by molar-refractivity contribution is 0.583. The van der Waals surface area contributed by atoms with E-state index in [1.54, 1.807) is 0 Å². The van der Waals surface area contributed by atoms with Gasteiger partial charge in [-0.05, 0) is 42.7 Å². The summed E-state index contributed by atoms with van der Waals surface area (Å²) in [7, 11) is 0. The minimum absolute atomic E-state index is 0. The maximum absolute atomic E-state index is 13.6. The van der Waals surface area contributed by atoms with Crippen molar-refractivity contribution >= 4 is 29.9 Å². The van der Waals surface area contributed by atoms with Crippen molar-refractivity contribution in [3.05, 3.63) is 71.3 Å². The number of nitrogens with zero attached hydrogens (tertiary/aromatic N) is 1. The van der Waals surface area contributed by atoms with E-state index in [9.17, 15) is 8.78 Å². The Kier molecular flexibility index (Phi) is 9.29. The normalized spacial score (nSPS) is 10.9. The summed E-state index contributed by atoms with van der Waals surface area (Å²) in [6, 6.07) is 13.4. The fourth-order valence-corrected chi connectivity index (χ4v) is 2.15. The van der Waals surface area contributed by atoms with Gasteiger partial charge in [0.05, 0.1) is 6.54 Å². The third-order valence-corrected chi connectivity index (χ3v) is 3.30. The summed E-state index contributed by atoms with van der Waals surface area (Å²) in [5.74, 6) is -0.154. The number of halogens is 3. The van der Waals surface area contributed by atoms with Gasteiger partial charge < -0.3 is 10.6 Å². The summed E-state index contributed by atoms with van der Waals surface area (Å²) >= 11 is 0. The molecule has 6 heteroatoms. The molecular weight excluding hydrogens is 423 g/mol. The molecule has 0 aliphatic heterocycles. The monoisotopic (exact) mass is 445 g/mol. The van der Waals surface area contributed by atoms with Gasteiger partial charge in [-0.3, -0.25) is 0 Å². The number of hydrogen-bond donors (Lipinski definition) is 2. The highest BCUT2D eigenvalue weighted by molar-refractivity contribution is 14.0. The summed E-state index contributed by atoms with van der Waals surface area (Å²) in [5, 5.41) is 6.27. The zero-order chi connectivity index (χ0) is 16.5. The van der Waals surface area contributed by atoms with Crippen molar-refractivity contribution < 1.29 is 8.78 Å². The van der Waals surface area contributed by atoms with Crippen LogP contribution in [-0.2, 0) is 13.0 Å². The van der Waals surface area contributed by atoms with Gasteiger partial charge in [-0.1, -0.05) is 30.3 Å². The predicted molar refractivity (Wildman–Crippen MR) is 105 cm³/mol. The van der Waals surface area contributed by atoms with E-state index in [0.717, 1.165) is 24.2 Å². The summed E-state index contributed by atoms with van der Waals surface area (Å²) in [5.41, 5.74) is 1.47. The first kappa shape index (κ1) is 20.3. The van der Waals surface area contributed by atoms with Gasteiger partial charge in [-0.25, -0.2) is 13.8 Å². The number of guanidine groups is 1.